The highest BCUT2D eigenvalue weighted by atomic mass is 16.1. The van der Waals surface area contributed by atoms with E-state index in [2.05, 4.69) is 17.6 Å². The van der Waals surface area contributed by atoms with Gasteiger partial charge in [0, 0.05) is 18.2 Å². The molecule has 0 atom stereocenters. The molecule has 0 aromatic carbocycles. The lowest BCUT2D eigenvalue weighted by atomic mass is 10.1. The maximum absolute atomic E-state index is 11.7. The van der Waals surface area contributed by atoms with Gasteiger partial charge in [0.05, 0.1) is 0 Å². The van der Waals surface area contributed by atoms with Crippen LogP contribution in [0.1, 0.15) is 34.1 Å². The monoisotopic (exact) mass is 198 g/mol. The number of rotatable bonds is 5. The summed E-state index contributed by atoms with van der Waals surface area (Å²) in [5, 5.41) is 5.92. The third-order valence-corrected chi connectivity index (χ3v) is 2.09. The third kappa shape index (κ3) is 4.42. The van der Waals surface area contributed by atoms with Gasteiger partial charge in [0.1, 0.15) is 0 Å². The van der Waals surface area contributed by atoms with Crippen LogP contribution >= 0.6 is 0 Å². The van der Waals surface area contributed by atoms with Crippen molar-refractivity contribution in [3.8, 4) is 0 Å². The SMILES string of the molecule is CC/C(C)=C(\CNC)C(=O)NC(C)C. The maximum atomic E-state index is 11.7. The summed E-state index contributed by atoms with van der Waals surface area (Å²) in [5.74, 6) is 0.0497. The zero-order valence-corrected chi connectivity index (χ0v) is 9.90. The van der Waals surface area contributed by atoms with Crippen LogP contribution in [0.2, 0.25) is 0 Å². The van der Waals surface area contributed by atoms with Crippen molar-refractivity contribution in [2.75, 3.05) is 13.6 Å². The Kier molecular flexibility index (Phi) is 6.21. The quantitative estimate of drug-likeness (QED) is 0.657. The van der Waals surface area contributed by atoms with Crippen LogP contribution in [0.5, 0.6) is 0 Å². The number of carbonyl (C=O) groups excluding carboxylic acids is 1. The fraction of sp³-hybridized carbons (Fsp3) is 0.727. The Morgan fingerprint density at radius 1 is 1.36 bits per heavy atom. The molecular weight excluding hydrogens is 176 g/mol. The lowest BCUT2D eigenvalue weighted by Crippen LogP contribution is -2.34. The van der Waals surface area contributed by atoms with E-state index >= 15 is 0 Å². The first-order valence-corrected chi connectivity index (χ1v) is 5.17. The Morgan fingerprint density at radius 2 is 1.93 bits per heavy atom. The molecule has 0 fully saturated rings. The number of amides is 1. The highest BCUT2D eigenvalue weighted by Crippen LogP contribution is 2.07. The summed E-state index contributed by atoms with van der Waals surface area (Å²) in [7, 11) is 1.85. The van der Waals surface area contributed by atoms with Crippen molar-refractivity contribution in [3.05, 3.63) is 11.1 Å². The Balaban J connectivity index is 4.58. The summed E-state index contributed by atoms with van der Waals surface area (Å²) in [6.07, 6.45) is 0.919. The standard InChI is InChI=1S/C11H22N2O/c1-6-9(4)10(7-12-5)11(14)13-8(2)3/h8,12H,6-7H2,1-5H3,(H,13,14)/b10-9+. The Hall–Kier alpha value is -0.830. The van der Waals surface area contributed by atoms with Crippen LogP contribution in [0.25, 0.3) is 0 Å². The number of nitrogens with one attached hydrogen (secondary N) is 2. The highest BCUT2D eigenvalue weighted by Gasteiger charge is 2.11. The van der Waals surface area contributed by atoms with E-state index in [0.717, 1.165) is 17.6 Å². The van der Waals surface area contributed by atoms with E-state index < -0.39 is 0 Å². The molecule has 0 radical (unpaired) electrons. The molecule has 0 saturated heterocycles. The smallest absolute Gasteiger partial charge is 0.248 e. The first-order valence-electron chi connectivity index (χ1n) is 5.17. The Labute approximate surface area is 87.0 Å². The lowest BCUT2D eigenvalue weighted by Gasteiger charge is -2.13. The van der Waals surface area contributed by atoms with E-state index in [4.69, 9.17) is 0 Å². The van der Waals surface area contributed by atoms with Gasteiger partial charge in [0.15, 0.2) is 0 Å². The molecule has 2 N–H and O–H groups in total. The van der Waals surface area contributed by atoms with Crippen molar-refractivity contribution in [1.82, 2.24) is 10.6 Å². The van der Waals surface area contributed by atoms with E-state index in [1.54, 1.807) is 0 Å². The van der Waals surface area contributed by atoms with Crippen LogP contribution in [-0.2, 0) is 4.79 Å². The Morgan fingerprint density at radius 3 is 2.29 bits per heavy atom. The van der Waals surface area contributed by atoms with Gasteiger partial charge in [0.2, 0.25) is 5.91 Å². The summed E-state index contributed by atoms with van der Waals surface area (Å²) in [5.41, 5.74) is 2.02. The fourth-order valence-corrected chi connectivity index (χ4v) is 1.16. The molecule has 3 nitrogen and oxygen atoms in total. The van der Waals surface area contributed by atoms with E-state index in [1.807, 2.05) is 27.8 Å². The minimum atomic E-state index is 0.0497. The van der Waals surface area contributed by atoms with Gasteiger partial charge in [-0.05, 0) is 34.2 Å². The summed E-state index contributed by atoms with van der Waals surface area (Å²) in [6.45, 7) is 8.64. The first-order chi connectivity index (χ1) is 6.52. The molecule has 1 amide bonds. The first kappa shape index (κ1) is 13.2. The zero-order chi connectivity index (χ0) is 11.1. The van der Waals surface area contributed by atoms with Crippen molar-refractivity contribution in [1.29, 1.82) is 0 Å². The van der Waals surface area contributed by atoms with Gasteiger partial charge in [-0.15, -0.1) is 0 Å². The summed E-state index contributed by atoms with van der Waals surface area (Å²) in [6, 6.07) is 0.194. The molecule has 0 unspecified atom stereocenters. The van der Waals surface area contributed by atoms with Gasteiger partial charge >= 0.3 is 0 Å². The lowest BCUT2D eigenvalue weighted by molar-refractivity contribution is -0.118. The second-order valence-corrected chi connectivity index (χ2v) is 3.77. The van der Waals surface area contributed by atoms with Crippen LogP contribution in [0, 0.1) is 0 Å². The van der Waals surface area contributed by atoms with Crippen molar-refractivity contribution < 1.29 is 4.79 Å². The van der Waals surface area contributed by atoms with Gasteiger partial charge in [0.25, 0.3) is 0 Å². The van der Waals surface area contributed by atoms with Crippen molar-refractivity contribution >= 4 is 5.91 Å². The van der Waals surface area contributed by atoms with E-state index in [1.165, 1.54) is 0 Å². The van der Waals surface area contributed by atoms with Crippen molar-refractivity contribution in [2.24, 2.45) is 0 Å². The number of likely N-dealkylation sites (N-methyl/N-ethyl adjacent to an activating group) is 1. The molecule has 0 aromatic heterocycles. The van der Waals surface area contributed by atoms with Crippen molar-refractivity contribution in [3.63, 3.8) is 0 Å². The molecule has 0 aromatic rings. The molecule has 82 valence electrons. The second kappa shape index (κ2) is 6.60. The molecule has 0 spiro atoms. The van der Waals surface area contributed by atoms with Gasteiger partial charge in [-0.1, -0.05) is 12.5 Å². The maximum Gasteiger partial charge on any atom is 0.248 e. The van der Waals surface area contributed by atoms with Crippen LogP contribution in [0.3, 0.4) is 0 Å². The molecular formula is C11H22N2O. The predicted molar refractivity (Wildman–Crippen MR) is 60.2 cm³/mol. The number of hydrogen-bond donors (Lipinski definition) is 2. The van der Waals surface area contributed by atoms with E-state index in [-0.39, 0.29) is 11.9 Å². The summed E-state index contributed by atoms with van der Waals surface area (Å²) in [4.78, 5) is 11.7. The molecule has 0 heterocycles. The van der Waals surface area contributed by atoms with Crippen LogP contribution in [0.15, 0.2) is 11.1 Å². The molecule has 0 aliphatic rings. The zero-order valence-electron chi connectivity index (χ0n) is 9.90. The minimum absolute atomic E-state index is 0.0497. The average molecular weight is 198 g/mol. The van der Waals surface area contributed by atoms with Crippen LogP contribution < -0.4 is 10.6 Å². The number of hydrogen-bond acceptors (Lipinski definition) is 2. The van der Waals surface area contributed by atoms with E-state index in [0.29, 0.717) is 6.54 Å². The molecule has 0 rings (SSSR count). The molecule has 3 heteroatoms. The van der Waals surface area contributed by atoms with Gasteiger partial charge in [-0.25, -0.2) is 0 Å². The topological polar surface area (TPSA) is 41.1 Å². The third-order valence-electron chi connectivity index (χ3n) is 2.09. The summed E-state index contributed by atoms with van der Waals surface area (Å²) < 4.78 is 0. The molecule has 0 bridgehead atoms. The fourth-order valence-electron chi connectivity index (χ4n) is 1.16. The summed E-state index contributed by atoms with van der Waals surface area (Å²) >= 11 is 0. The molecule has 0 saturated carbocycles. The van der Waals surface area contributed by atoms with Crippen LogP contribution in [0.4, 0.5) is 0 Å². The predicted octanol–water partition coefficient (Wildman–Crippen LogP) is 1.46. The van der Waals surface area contributed by atoms with Gasteiger partial charge < -0.3 is 10.6 Å². The molecule has 0 aliphatic heterocycles. The Bertz CT molecular complexity index is 219. The van der Waals surface area contributed by atoms with Crippen LogP contribution in [-0.4, -0.2) is 25.5 Å². The number of carbonyl (C=O) groups is 1. The number of allylic oxidation sites excluding steroid dienone is 1. The van der Waals surface area contributed by atoms with Gasteiger partial charge in [-0.3, -0.25) is 4.79 Å². The minimum Gasteiger partial charge on any atom is -0.350 e. The average Bonchev–Trinajstić information content (AvgIpc) is 2.11. The largest absolute Gasteiger partial charge is 0.350 e. The van der Waals surface area contributed by atoms with Gasteiger partial charge in [-0.2, -0.15) is 0 Å². The molecule has 0 aliphatic carbocycles. The van der Waals surface area contributed by atoms with Crippen molar-refractivity contribution in [2.45, 2.75) is 40.2 Å². The highest BCUT2D eigenvalue weighted by molar-refractivity contribution is 5.94. The van der Waals surface area contributed by atoms with E-state index in [9.17, 15) is 4.79 Å². The normalized spacial score (nSPS) is 12.7. The molecule has 14 heavy (non-hydrogen) atoms. The second-order valence-electron chi connectivity index (χ2n) is 3.77.